The van der Waals surface area contributed by atoms with E-state index < -0.39 is 0 Å². The maximum absolute atomic E-state index is 7.14. The Morgan fingerprint density at radius 2 is 2.11 bits per heavy atom. The fraction of sp³-hybridized carbons (Fsp3) is 0.714. The smallest absolute Gasteiger partial charge is 0.170 e. The van der Waals surface area contributed by atoms with E-state index in [1.54, 1.807) is 7.11 Å². The van der Waals surface area contributed by atoms with Gasteiger partial charge in [-0.2, -0.15) is 4.37 Å². The van der Waals surface area contributed by atoms with Gasteiger partial charge in [-0.3, -0.25) is 4.90 Å². The Balaban J connectivity index is 1.27. The fourth-order valence-corrected chi connectivity index (χ4v) is 11.3. The second-order valence-electron chi connectivity index (χ2n) is 12.1. The molecule has 2 aromatic rings. The second kappa shape index (κ2) is 7.61. The van der Waals surface area contributed by atoms with Crippen LogP contribution in [0.25, 0.3) is 0 Å². The lowest BCUT2D eigenvalue weighted by atomic mass is 9.35. The summed E-state index contributed by atoms with van der Waals surface area (Å²) in [6, 6.07) is 5.09. The molecule has 5 aliphatic carbocycles. The minimum absolute atomic E-state index is 0.0317. The molecule has 3 heterocycles. The number of piperidine rings is 1. The quantitative estimate of drug-likeness (QED) is 0.478. The second-order valence-corrected chi connectivity index (χ2v) is 14.2. The van der Waals surface area contributed by atoms with Crippen molar-refractivity contribution in [2.45, 2.75) is 79.4 Å². The predicted octanol–water partition coefficient (Wildman–Crippen LogP) is 4.87. The van der Waals surface area contributed by atoms with Crippen molar-refractivity contribution in [3.63, 3.8) is 0 Å². The lowest BCUT2D eigenvalue weighted by Crippen LogP contribution is -2.81. The minimum Gasteiger partial charge on any atom is -0.493 e. The van der Waals surface area contributed by atoms with E-state index in [2.05, 4.69) is 26.4 Å². The molecular formula is C28H35N3O3S2. The number of likely N-dealkylation sites (tertiary alicyclic amines) is 1. The lowest BCUT2D eigenvalue weighted by Gasteiger charge is -2.74. The third kappa shape index (κ3) is 2.67. The molecule has 7 aliphatic rings. The molecule has 1 aromatic carbocycles. The van der Waals surface area contributed by atoms with Crippen LogP contribution in [0.5, 0.6) is 11.5 Å². The molecule has 4 saturated carbocycles. The van der Waals surface area contributed by atoms with Crippen molar-refractivity contribution < 1.29 is 14.2 Å². The molecule has 0 N–H and O–H groups in total. The Labute approximate surface area is 221 Å². The first-order chi connectivity index (χ1) is 17.5. The molecule has 5 fully saturated rings. The van der Waals surface area contributed by atoms with Gasteiger partial charge in [0.15, 0.2) is 15.8 Å². The standard InChI is InChI=1S/C28H35N3O3S2/c1-16-29-25(36-30-16)35-15-19-13-26-8-9-28(19,33-3)24-27(26)10-11-31(14-17-4-5-17)21(26)12-18-6-7-20(32-2)23(34-24)22(18)27/h6-7,17,19,21,24H,4-5,8-15H2,1-3H3/t19-,21-,24-,26-,27+,28-/m1/s1. The maximum Gasteiger partial charge on any atom is 0.170 e. The Hall–Kier alpha value is -1.35. The van der Waals surface area contributed by atoms with E-state index in [9.17, 15) is 0 Å². The van der Waals surface area contributed by atoms with Gasteiger partial charge in [-0.05, 0) is 87.5 Å². The van der Waals surface area contributed by atoms with Gasteiger partial charge >= 0.3 is 0 Å². The molecule has 6 atom stereocenters. The highest BCUT2D eigenvalue weighted by Crippen LogP contribution is 2.77. The van der Waals surface area contributed by atoms with Crippen molar-refractivity contribution in [1.82, 2.24) is 14.3 Å². The Bertz CT molecular complexity index is 1230. The van der Waals surface area contributed by atoms with E-state index in [0.29, 0.717) is 12.0 Å². The van der Waals surface area contributed by atoms with Gasteiger partial charge in [0, 0.05) is 47.8 Å². The summed E-state index contributed by atoms with van der Waals surface area (Å²) >= 11 is 3.40. The van der Waals surface area contributed by atoms with Gasteiger partial charge < -0.3 is 14.2 Å². The van der Waals surface area contributed by atoms with E-state index >= 15 is 0 Å². The molecule has 1 saturated heterocycles. The highest BCUT2D eigenvalue weighted by Gasteiger charge is 2.80. The molecule has 0 radical (unpaired) electrons. The molecule has 8 heteroatoms. The average Bonchev–Trinajstić information content (AvgIpc) is 3.49. The molecular weight excluding hydrogens is 490 g/mol. The topological polar surface area (TPSA) is 56.7 Å². The molecule has 36 heavy (non-hydrogen) atoms. The highest BCUT2D eigenvalue weighted by atomic mass is 32.2. The molecule has 192 valence electrons. The van der Waals surface area contributed by atoms with Crippen molar-refractivity contribution in [1.29, 1.82) is 0 Å². The summed E-state index contributed by atoms with van der Waals surface area (Å²) in [7, 11) is 3.72. The van der Waals surface area contributed by atoms with E-state index in [-0.39, 0.29) is 22.5 Å². The van der Waals surface area contributed by atoms with Crippen molar-refractivity contribution >= 4 is 23.3 Å². The van der Waals surface area contributed by atoms with E-state index in [1.807, 2.05) is 25.8 Å². The van der Waals surface area contributed by atoms with Crippen LogP contribution in [0.3, 0.4) is 0 Å². The third-order valence-electron chi connectivity index (χ3n) is 10.9. The predicted molar refractivity (Wildman–Crippen MR) is 140 cm³/mol. The fourth-order valence-electron chi connectivity index (χ4n) is 9.40. The lowest BCUT2D eigenvalue weighted by molar-refractivity contribution is -0.273. The summed E-state index contributed by atoms with van der Waals surface area (Å²) in [5, 5.41) is 0. The highest BCUT2D eigenvalue weighted by molar-refractivity contribution is 8.00. The van der Waals surface area contributed by atoms with Crippen molar-refractivity contribution in [2.75, 3.05) is 33.1 Å². The normalized spacial score (nSPS) is 39.7. The maximum atomic E-state index is 7.14. The summed E-state index contributed by atoms with van der Waals surface area (Å²) in [6.07, 6.45) is 8.73. The van der Waals surface area contributed by atoms with Crippen LogP contribution < -0.4 is 9.47 Å². The number of hydrogen-bond acceptors (Lipinski definition) is 8. The molecule has 6 nitrogen and oxygen atoms in total. The van der Waals surface area contributed by atoms with Gasteiger partial charge in [0.1, 0.15) is 17.5 Å². The number of nitrogens with zero attached hydrogens (tertiary/aromatic N) is 3. The molecule has 0 unspecified atom stereocenters. The van der Waals surface area contributed by atoms with E-state index in [4.69, 9.17) is 14.2 Å². The van der Waals surface area contributed by atoms with Crippen LogP contribution in [0.1, 0.15) is 55.5 Å². The summed E-state index contributed by atoms with van der Waals surface area (Å²) in [5.74, 6) is 5.14. The summed E-state index contributed by atoms with van der Waals surface area (Å²) in [4.78, 5) is 7.57. The largest absolute Gasteiger partial charge is 0.493 e. The molecule has 2 spiro atoms. The molecule has 4 bridgehead atoms. The number of ether oxygens (including phenoxy) is 3. The Morgan fingerprint density at radius 3 is 2.86 bits per heavy atom. The zero-order chi connectivity index (χ0) is 24.3. The van der Waals surface area contributed by atoms with Crippen LogP contribution in [-0.4, -0.2) is 65.1 Å². The zero-order valence-electron chi connectivity index (χ0n) is 21.4. The summed E-state index contributed by atoms with van der Waals surface area (Å²) in [5.41, 5.74) is 2.97. The molecule has 9 rings (SSSR count). The number of aryl methyl sites for hydroxylation is 1. The van der Waals surface area contributed by atoms with E-state index in [1.165, 1.54) is 67.9 Å². The summed E-state index contributed by atoms with van der Waals surface area (Å²) < 4.78 is 25.2. The van der Waals surface area contributed by atoms with Gasteiger partial charge in [0.05, 0.1) is 7.11 Å². The number of benzene rings is 1. The van der Waals surface area contributed by atoms with Crippen molar-refractivity contribution in [3.8, 4) is 11.5 Å². The monoisotopic (exact) mass is 525 g/mol. The van der Waals surface area contributed by atoms with Gasteiger partial charge in [-0.1, -0.05) is 17.8 Å². The number of fused-ring (bicyclic) bond motifs is 2. The number of rotatable bonds is 7. The number of thioether (sulfide) groups is 1. The van der Waals surface area contributed by atoms with Crippen LogP contribution in [0.4, 0.5) is 0 Å². The first-order valence-electron chi connectivity index (χ1n) is 13.6. The number of hydrogen-bond donors (Lipinski definition) is 0. The van der Waals surface area contributed by atoms with Crippen LogP contribution >= 0.6 is 23.3 Å². The van der Waals surface area contributed by atoms with Gasteiger partial charge in [0.25, 0.3) is 0 Å². The minimum atomic E-state index is -0.281. The van der Waals surface area contributed by atoms with Crippen molar-refractivity contribution in [3.05, 3.63) is 29.1 Å². The van der Waals surface area contributed by atoms with Gasteiger partial charge in [-0.15, -0.1) is 0 Å². The van der Waals surface area contributed by atoms with Crippen molar-refractivity contribution in [2.24, 2.45) is 17.3 Å². The molecule has 2 aliphatic heterocycles. The number of aromatic nitrogens is 2. The molecule has 1 aromatic heterocycles. The molecule has 0 amide bonds. The van der Waals surface area contributed by atoms with Crippen LogP contribution in [-0.2, 0) is 16.6 Å². The SMILES string of the molecule is COc1ccc2c3c1O[C@H]1[C@@]4(OC)CC[C@@]5(C[C@@H]4CSc4nc(C)ns4)[C@@H](C2)N(CC2CC2)CC[C@]315. The van der Waals surface area contributed by atoms with Crippen LogP contribution in [0, 0.1) is 24.2 Å². The van der Waals surface area contributed by atoms with E-state index in [0.717, 1.165) is 46.2 Å². The first kappa shape index (κ1) is 22.6. The summed E-state index contributed by atoms with van der Waals surface area (Å²) in [6.45, 7) is 4.45. The van der Waals surface area contributed by atoms with Crippen LogP contribution in [0.15, 0.2) is 16.5 Å². The van der Waals surface area contributed by atoms with Gasteiger partial charge in [-0.25, -0.2) is 4.98 Å². The zero-order valence-corrected chi connectivity index (χ0v) is 23.1. The number of methoxy groups -OCH3 is 2. The Morgan fingerprint density at radius 1 is 1.22 bits per heavy atom. The van der Waals surface area contributed by atoms with Crippen LogP contribution in [0.2, 0.25) is 0 Å². The average molecular weight is 526 g/mol. The first-order valence-corrected chi connectivity index (χ1v) is 15.4. The van der Waals surface area contributed by atoms with Gasteiger partial charge in [0.2, 0.25) is 0 Å². The Kier molecular flexibility index (Phi) is 4.78. The third-order valence-corrected chi connectivity index (χ3v) is 13.0.